The van der Waals surface area contributed by atoms with Gasteiger partial charge in [0.25, 0.3) is 0 Å². The molecule has 5 heteroatoms. The van der Waals surface area contributed by atoms with E-state index in [-0.39, 0.29) is 0 Å². The maximum absolute atomic E-state index is 5.49. The Morgan fingerprint density at radius 1 is 0.923 bits per heavy atom. The summed E-state index contributed by atoms with van der Waals surface area (Å²) in [7, 11) is 0. The van der Waals surface area contributed by atoms with Crippen molar-refractivity contribution in [2.75, 3.05) is 32.8 Å². The lowest BCUT2D eigenvalue weighted by atomic mass is 10.2. The van der Waals surface area contributed by atoms with Gasteiger partial charge in [-0.3, -0.25) is 4.40 Å². The Labute approximate surface area is 152 Å². The second-order valence-electron chi connectivity index (χ2n) is 6.91. The van der Waals surface area contributed by atoms with Crippen molar-refractivity contribution in [2.45, 2.75) is 6.54 Å². The van der Waals surface area contributed by atoms with E-state index < -0.39 is 0 Å². The van der Waals surface area contributed by atoms with Gasteiger partial charge in [-0.05, 0) is 12.1 Å². The van der Waals surface area contributed by atoms with Crippen LogP contribution in [0.2, 0.25) is 0 Å². The summed E-state index contributed by atoms with van der Waals surface area (Å²) < 4.78 is 10.1. The molecule has 4 aromatic rings. The normalized spacial score (nSPS) is 15.8. The second-order valence-corrected chi connectivity index (χ2v) is 6.91. The number of morpholine rings is 1. The molecule has 5 nitrogen and oxygen atoms in total. The Morgan fingerprint density at radius 2 is 1.65 bits per heavy atom. The van der Waals surface area contributed by atoms with Gasteiger partial charge in [0.15, 0.2) is 0 Å². The minimum atomic E-state index is 0.874. The Morgan fingerprint density at radius 3 is 2.46 bits per heavy atom. The summed E-state index contributed by atoms with van der Waals surface area (Å²) in [5, 5.41) is 0. The smallest absolute Gasteiger partial charge is 0.215 e. The van der Waals surface area contributed by atoms with Crippen LogP contribution in [0, 0.1) is 0 Å². The van der Waals surface area contributed by atoms with Crippen LogP contribution < -0.4 is 4.90 Å². The third kappa shape index (κ3) is 2.69. The van der Waals surface area contributed by atoms with E-state index in [1.807, 2.05) is 6.07 Å². The first-order chi connectivity index (χ1) is 12.9. The van der Waals surface area contributed by atoms with Crippen molar-refractivity contribution in [3.63, 3.8) is 0 Å². The molecule has 0 aliphatic carbocycles. The number of ether oxygens (including phenoxy) is 1. The van der Waals surface area contributed by atoms with Crippen molar-refractivity contribution >= 4 is 16.8 Å². The summed E-state index contributed by atoms with van der Waals surface area (Å²) in [6, 6.07) is 19.0. The Bertz CT molecular complexity index is 1030. The zero-order chi connectivity index (χ0) is 17.3. The van der Waals surface area contributed by atoms with E-state index in [4.69, 9.17) is 9.72 Å². The van der Waals surface area contributed by atoms with Crippen LogP contribution in [0.3, 0.4) is 0 Å². The summed E-state index contributed by atoms with van der Waals surface area (Å²) in [6.07, 6.45) is 2.16. The molecule has 2 aromatic heterocycles. The van der Waals surface area contributed by atoms with Gasteiger partial charge >= 0.3 is 0 Å². The van der Waals surface area contributed by atoms with E-state index >= 15 is 0 Å². The first-order valence-corrected chi connectivity index (χ1v) is 9.33. The predicted molar refractivity (Wildman–Crippen MR) is 103 cm³/mol. The number of nitrogens with zero attached hydrogens (tertiary/aromatic N) is 3. The quantitative estimate of drug-likeness (QED) is 0.612. The number of hydrogen-bond acceptors (Lipinski definition) is 2. The molecule has 132 valence electrons. The van der Waals surface area contributed by atoms with Gasteiger partial charge in [0.2, 0.25) is 5.78 Å². The van der Waals surface area contributed by atoms with Crippen molar-refractivity contribution in [1.29, 1.82) is 0 Å². The van der Waals surface area contributed by atoms with Gasteiger partial charge in [0.05, 0.1) is 43.0 Å². The average molecular weight is 347 g/mol. The van der Waals surface area contributed by atoms with Crippen LogP contribution in [0.1, 0.15) is 0 Å². The maximum atomic E-state index is 5.49. The molecule has 1 aliphatic rings. The summed E-state index contributed by atoms with van der Waals surface area (Å²) in [5.74, 6) is 1.03. The van der Waals surface area contributed by atoms with Gasteiger partial charge in [-0.25, -0.2) is 4.98 Å². The first-order valence-electron chi connectivity index (χ1n) is 9.33. The Kier molecular flexibility index (Phi) is 3.96. The minimum absolute atomic E-state index is 0.874. The van der Waals surface area contributed by atoms with Crippen LogP contribution >= 0.6 is 0 Å². The van der Waals surface area contributed by atoms with Crippen LogP contribution in [0.5, 0.6) is 0 Å². The molecule has 26 heavy (non-hydrogen) atoms. The van der Waals surface area contributed by atoms with E-state index in [2.05, 4.69) is 63.7 Å². The summed E-state index contributed by atoms with van der Waals surface area (Å²) in [4.78, 5) is 6.59. The molecule has 5 rings (SSSR count). The van der Waals surface area contributed by atoms with Crippen molar-refractivity contribution in [3.8, 4) is 11.3 Å². The predicted octanol–water partition coefficient (Wildman–Crippen LogP) is 1.87. The third-order valence-electron chi connectivity index (χ3n) is 5.32. The van der Waals surface area contributed by atoms with Gasteiger partial charge < -0.3 is 14.2 Å². The van der Waals surface area contributed by atoms with Crippen molar-refractivity contribution in [2.24, 2.45) is 0 Å². The molecule has 1 aliphatic heterocycles. The molecule has 0 atom stereocenters. The lowest BCUT2D eigenvalue weighted by Gasteiger charge is -2.23. The van der Waals surface area contributed by atoms with Gasteiger partial charge in [-0.1, -0.05) is 42.5 Å². The molecular weight excluding hydrogens is 324 g/mol. The largest absolute Gasteiger partial charge is 0.370 e. The number of benzene rings is 2. The SMILES string of the molecule is c1ccc(-c2cn3c4ccccc4n(CC[NH+]4CCOCC4)c3n2)cc1. The van der Waals surface area contributed by atoms with Crippen molar-refractivity contribution in [3.05, 3.63) is 60.8 Å². The van der Waals surface area contributed by atoms with E-state index in [1.165, 1.54) is 11.0 Å². The molecule has 0 bridgehead atoms. The summed E-state index contributed by atoms with van der Waals surface area (Å²) in [5.41, 5.74) is 4.65. The summed E-state index contributed by atoms with van der Waals surface area (Å²) in [6.45, 7) is 6.01. The van der Waals surface area contributed by atoms with E-state index in [9.17, 15) is 0 Å². The highest BCUT2D eigenvalue weighted by Gasteiger charge is 2.18. The van der Waals surface area contributed by atoms with Crippen molar-refractivity contribution < 1.29 is 9.64 Å². The fourth-order valence-corrected chi connectivity index (χ4v) is 3.89. The molecular formula is C21H23N4O+. The highest BCUT2D eigenvalue weighted by Crippen LogP contribution is 2.25. The van der Waals surface area contributed by atoms with E-state index in [0.717, 1.165) is 56.4 Å². The van der Waals surface area contributed by atoms with Crippen LogP contribution in [0.4, 0.5) is 0 Å². The number of rotatable bonds is 4. The number of para-hydroxylation sites is 2. The van der Waals surface area contributed by atoms with Crippen LogP contribution in [-0.2, 0) is 11.3 Å². The Balaban J connectivity index is 1.56. The standard InChI is InChI=1S/C21H22N4O/c1-2-6-17(7-3-1)18-16-25-20-9-5-4-8-19(20)24(21(25)22-18)11-10-23-12-14-26-15-13-23/h1-9,16H,10-15H2/p+1. The van der Waals surface area contributed by atoms with Gasteiger partial charge in [0.1, 0.15) is 13.1 Å². The van der Waals surface area contributed by atoms with Gasteiger partial charge in [0, 0.05) is 11.8 Å². The van der Waals surface area contributed by atoms with Crippen LogP contribution in [0.25, 0.3) is 28.1 Å². The van der Waals surface area contributed by atoms with Gasteiger partial charge in [-0.15, -0.1) is 0 Å². The molecule has 0 saturated carbocycles. The number of nitrogens with one attached hydrogen (secondary N) is 1. The molecule has 1 fully saturated rings. The van der Waals surface area contributed by atoms with Crippen molar-refractivity contribution in [1.82, 2.24) is 14.0 Å². The second kappa shape index (κ2) is 6.59. The molecule has 0 unspecified atom stereocenters. The highest BCUT2D eigenvalue weighted by atomic mass is 16.5. The maximum Gasteiger partial charge on any atom is 0.215 e. The first kappa shape index (κ1) is 15.6. The number of aromatic nitrogens is 3. The molecule has 3 heterocycles. The molecule has 1 saturated heterocycles. The Hall–Kier alpha value is -2.63. The molecule has 1 N–H and O–H groups in total. The molecule has 0 spiro atoms. The topological polar surface area (TPSA) is 35.9 Å². The zero-order valence-electron chi connectivity index (χ0n) is 14.8. The molecule has 0 amide bonds. The lowest BCUT2D eigenvalue weighted by Crippen LogP contribution is -3.14. The number of imidazole rings is 2. The zero-order valence-corrected chi connectivity index (χ0v) is 14.8. The lowest BCUT2D eigenvalue weighted by molar-refractivity contribution is -0.908. The fourth-order valence-electron chi connectivity index (χ4n) is 3.89. The van der Waals surface area contributed by atoms with Crippen LogP contribution in [0.15, 0.2) is 60.8 Å². The number of hydrogen-bond donors (Lipinski definition) is 1. The fraction of sp³-hybridized carbons (Fsp3) is 0.286. The highest BCUT2D eigenvalue weighted by molar-refractivity contribution is 5.82. The number of fused-ring (bicyclic) bond motifs is 3. The van der Waals surface area contributed by atoms with Crippen LogP contribution in [-0.4, -0.2) is 46.8 Å². The summed E-state index contributed by atoms with van der Waals surface area (Å²) >= 11 is 0. The van der Waals surface area contributed by atoms with E-state index in [1.54, 1.807) is 4.90 Å². The molecule has 0 radical (unpaired) electrons. The third-order valence-corrected chi connectivity index (χ3v) is 5.32. The average Bonchev–Trinajstić information content (AvgIpc) is 3.26. The monoisotopic (exact) mass is 347 g/mol. The van der Waals surface area contributed by atoms with E-state index in [0.29, 0.717) is 0 Å². The molecule has 2 aromatic carbocycles. The van der Waals surface area contributed by atoms with Gasteiger partial charge in [-0.2, -0.15) is 0 Å². The minimum Gasteiger partial charge on any atom is -0.370 e. The number of quaternary nitrogens is 1.